The van der Waals surface area contributed by atoms with Crippen LogP contribution < -0.4 is 0 Å². The maximum atomic E-state index is 5.68. The van der Waals surface area contributed by atoms with Gasteiger partial charge in [0, 0.05) is 6.20 Å². The van der Waals surface area contributed by atoms with E-state index in [0.717, 1.165) is 0 Å². The van der Waals surface area contributed by atoms with Crippen molar-refractivity contribution in [2.75, 3.05) is 0 Å². The predicted octanol–water partition coefficient (Wildman–Crippen LogP) is 1.66. The first-order chi connectivity index (χ1) is 5.27. The zero-order valence-electron chi connectivity index (χ0n) is 5.17. The fourth-order valence-corrected chi connectivity index (χ4v) is 1.06. The van der Waals surface area contributed by atoms with E-state index in [0.29, 0.717) is 16.2 Å². The molecule has 0 radical (unpaired) electrons. The molecular weight excluding hydrogens is 187 g/mol. The van der Waals surface area contributed by atoms with Gasteiger partial charge < -0.3 is 0 Å². The van der Waals surface area contributed by atoms with Crippen molar-refractivity contribution >= 4 is 34.2 Å². The van der Waals surface area contributed by atoms with Gasteiger partial charge in [-0.15, -0.1) is 0 Å². The van der Waals surface area contributed by atoms with Crippen molar-refractivity contribution in [1.29, 1.82) is 0 Å². The Morgan fingerprint density at radius 2 is 2.18 bits per heavy atom. The van der Waals surface area contributed by atoms with Crippen molar-refractivity contribution in [2.24, 2.45) is 0 Å². The molecule has 0 bridgehead atoms. The van der Waals surface area contributed by atoms with E-state index >= 15 is 0 Å². The molecule has 6 heteroatoms. The summed E-state index contributed by atoms with van der Waals surface area (Å²) in [4.78, 5) is 7.57. The fourth-order valence-electron chi connectivity index (χ4n) is 0.754. The fraction of sp³-hybridized carbons (Fsp3) is 0. The van der Waals surface area contributed by atoms with Crippen LogP contribution >= 0.6 is 23.2 Å². The normalized spacial score (nSPS) is 10.7. The Bertz CT molecular complexity index is 396. The van der Waals surface area contributed by atoms with Crippen molar-refractivity contribution < 1.29 is 0 Å². The first-order valence-corrected chi connectivity index (χ1v) is 3.55. The smallest absolute Gasteiger partial charge is 0.224 e. The van der Waals surface area contributed by atoms with E-state index in [1.807, 2.05) is 0 Å². The monoisotopic (exact) mass is 188 g/mol. The highest BCUT2D eigenvalue weighted by Crippen LogP contribution is 2.17. The van der Waals surface area contributed by atoms with Crippen LogP contribution in [0.4, 0.5) is 0 Å². The number of hydrogen-bond donors (Lipinski definition) is 1. The number of fused-ring (bicyclic) bond motifs is 1. The highest BCUT2D eigenvalue weighted by atomic mass is 35.5. The molecule has 0 spiro atoms. The molecule has 0 aliphatic heterocycles. The standard InChI is InChI=1S/C5H2Cl2N4/c6-3-2-1-8-5(7)9-4(2)11-10-3/h1H,(H,8,9,10,11). The van der Waals surface area contributed by atoms with Crippen LogP contribution in [-0.4, -0.2) is 20.2 Å². The molecule has 0 saturated heterocycles. The summed E-state index contributed by atoms with van der Waals surface area (Å²) in [6, 6.07) is 0. The number of aromatic nitrogens is 4. The predicted molar refractivity (Wildman–Crippen MR) is 41.7 cm³/mol. The lowest BCUT2D eigenvalue weighted by atomic mass is 10.4. The zero-order valence-corrected chi connectivity index (χ0v) is 6.69. The van der Waals surface area contributed by atoms with Crippen molar-refractivity contribution in [1.82, 2.24) is 20.2 Å². The Morgan fingerprint density at radius 3 is 3.00 bits per heavy atom. The van der Waals surface area contributed by atoms with E-state index in [-0.39, 0.29) is 5.28 Å². The van der Waals surface area contributed by atoms with Gasteiger partial charge in [0.05, 0.1) is 5.39 Å². The van der Waals surface area contributed by atoms with Crippen molar-refractivity contribution in [3.05, 3.63) is 16.6 Å². The van der Waals surface area contributed by atoms with E-state index in [9.17, 15) is 0 Å². The molecule has 2 aromatic heterocycles. The lowest BCUT2D eigenvalue weighted by Crippen LogP contribution is -1.80. The van der Waals surface area contributed by atoms with Crippen LogP contribution in [-0.2, 0) is 0 Å². The molecule has 0 aromatic carbocycles. The van der Waals surface area contributed by atoms with Crippen LogP contribution in [0.5, 0.6) is 0 Å². The van der Waals surface area contributed by atoms with Crippen LogP contribution in [0.15, 0.2) is 6.20 Å². The Balaban J connectivity index is 2.86. The van der Waals surface area contributed by atoms with Crippen LogP contribution in [0.2, 0.25) is 10.4 Å². The van der Waals surface area contributed by atoms with Crippen molar-refractivity contribution in [2.45, 2.75) is 0 Å². The van der Waals surface area contributed by atoms with Crippen molar-refractivity contribution in [3.63, 3.8) is 0 Å². The molecule has 56 valence electrons. The molecule has 0 unspecified atom stereocenters. The van der Waals surface area contributed by atoms with Gasteiger partial charge in [-0.2, -0.15) is 10.1 Å². The molecule has 0 aliphatic rings. The van der Waals surface area contributed by atoms with Gasteiger partial charge in [0.25, 0.3) is 0 Å². The van der Waals surface area contributed by atoms with Gasteiger partial charge in [-0.3, -0.25) is 5.10 Å². The van der Waals surface area contributed by atoms with Crippen LogP contribution in [0.3, 0.4) is 0 Å². The molecule has 2 rings (SSSR count). The summed E-state index contributed by atoms with van der Waals surface area (Å²) in [5, 5.41) is 7.62. The summed E-state index contributed by atoms with van der Waals surface area (Å²) in [5.41, 5.74) is 0.481. The zero-order chi connectivity index (χ0) is 7.84. The molecule has 0 fully saturated rings. The molecule has 0 atom stereocenters. The average Bonchev–Trinajstić information content (AvgIpc) is 2.32. The maximum Gasteiger partial charge on any atom is 0.224 e. The van der Waals surface area contributed by atoms with Gasteiger partial charge >= 0.3 is 0 Å². The molecule has 0 aliphatic carbocycles. The SMILES string of the molecule is Clc1ncc2c(Cl)[nH]nc2n1. The van der Waals surface area contributed by atoms with E-state index < -0.39 is 0 Å². The summed E-state index contributed by atoms with van der Waals surface area (Å²) in [6.07, 6.45) is 1.52. The van der Waals surface area contributed by atoms with Gasteiger partial charge in [-0.05, 0) is 11.6 Å². The Labute approximate surface area is 71.6 Å². The molecule has 2 aromatic rings. The van der Waals surface area contributed by atoms with Crippen LogP contribution in [0, 0.1) is 0 Å². The quantitative estimate of drug-likeness (QED) is 0.641. The minimum absolute atomic E-state index is 0.167. The lowest BCUT2D eigenvalue weighted by molar-refractivity contribution is 1.09. The number of nitrogens with zero attached hydrogens (tertiary/aromatic N) is 3. The lowest BCUT2D eigenvalue weighted by Gasteiger charge is -1.86. The first-order valence-electron chi connectivity index (χ1n) is 2.79. The molecule has 2 heterocycles. The van der Waals surface area contributed by atoms with Crippen molar-refractivity contribution in [3.8, 4) is 0 Å². The minimum Gasteiger partial charge on any atom is -0.264 e. The number of nitrogens with one attached hydrogen (secondary N) is 1. The Hall–Kier alpha value is -0.870. The highest BCUT2D eigenvalue weighted by molar-refractivity contribution is 6.34. The van der Waals surface area contributed by atoms with Crippen LogP contribution in [0.1, 0.15) is 0 Å². The summed E-state index contributed by atoms with van der Waals surface area (Å²) < 4.78 is 0. The van der Waals surface area contributed by atoms with Gasteiger partial charge in [0.15, 0.2) is 5.65 Å². The van der Waals surface area contributed by atoms with Gasteiger partial charge in [-0.25, -0.2) is 4.98 Å². The van der Waals surface area contributed by atoms with Crippen LogP contribution in [0.25, 0.3) is 11.0 Å². The van der Waals surface area contributed by atoms with E-state index in [2.05, 4.69) is 20.2 Å². The first kappa shape index (κ1) is 6.82. The minimum atomic E-state index is 0.167. The summed E-state index contributed by atoms with van der Waals surface area (Å²) >= 11 is 11.2. The van der Waals surface area contributed by atoms with E-state index in [1.54, 1.807) is 0 Å². The average molecular weight is 189 g/mol. The second-order valence-electron chi connectivity index (χ2n) is 1.91. The molecule has 0 amide bonds. The number of rotatable bonds is 0. The second kappa shape index (κ2) is 2.32. The number of halogens is 2. The largest absolute Gasteiger partial charge is 0.264 e. The molecule has 1 N–H and O–H groups in total. The Kier molecular flexibility index (Phi) is 1.44. The topological polar surface area (TPSA) is 54.5 Å². The molecule has 0 saturated carbocycles. The molecule has 11 heavy (non-hydrogen) atoms. The second-order valence-corrected chi connectivity index (χ2v) is 2.63. The summed E-state index contributed by atoms with van der Waals surface area (Å²) in [7, 11) is 0. The third-order valence-corrected chi connectivity index (χ3v) is 1.71. The van der Waals surface area contributed by atoms with Gasteiger partial charge in [-0.1, -0.05) is 11.6 Å². The van der Waals surface area contributed by atoms with Gasteiger partial charge in [0.1, 0.15) is 5.15 Å². The number of hydrogen-bond acceptors (Lipinski definition) is 3. The van der Waals surface area contributed by atoms with Gasteiger partial charge in [0.2, 0.25) is 5.28 Å². The Morgan fingerprint density at radius 1 is 1.36 bits per heavy atom. The number of aromatic amines is 1. The molecular formula is C5H2Cl2N4. The third-order valence-electron chi connectivity index (χ3n) is 1.24. The highest BCUT2D eigenvalue weighted by Gasteiger charge is 2.04. The third kappa shape index (κ3) is 1.04. The summed E-state index contributed by atoms with van der Waals surface area (Å²) in [6.45, 7) is 0. The van der Waals surface area contributed by atoms with E-state index in [4.69, 9.17) is 23.2 Å². The number of H-pyrrole nitrogens is 1. The van der Waals surface area contributed by atoms with E-state index in [1.165, 1.54) is 6.20 Å². The molecule has 4 nitrogen and oxygen atoms in total. The summed E-state index contributed by atoms with van der Waals surface area (Å²) in [5.74, 6) is 0. The maximum absolute atomic E-state index is 5.68.